The van der Waals surface area contributed by atoms with E-state index in [4.69, 9.17) is 5.11 Å². The minimum absolute atomic E-state index is 0.0121. The summed E-state index contributed by atoms with van der Waals surface area (Å²) in [4.78, 5) is 22.0. The zero-order chi connectivity index (χ0) is 13.3. The lowest BCUT2D eigenvalue weighted by molar-refractivity contribution is -0.138. The molecule has 0 aliphatic rings. The maximum atomic E-state index is 11.4. The first-order valence-electron chi connectivity index (χ1n) is 6.14. The van der Waals surface area contributed by atoms with Crippen molar-refractivity contribution in [1.29, 1.82) is 0 Å². The van der Waals surface area contributed by atoms with E-state index in [-0.39, 0.29) is 24.8 Å². The SMILES string of the molecule is CCNCC(=O)NC[C@H](CC(=O)O)CC(C)C. The van der Waals surface area contributed by atoms with Crippen LogP contribution in [-0.4, -0.2) is 36.6 Å². The minimum atomic E-state index is -0.809. The number of aliphatic carboxylic acids is 1. The van der Waals surface area contributed by atoms with Crippen molar-refractivity contribution in [3.05, 3.63) is 0 Å². The second kappa shape index (κ2) is 8.98. The quantitative estimate of drug-likeness (QED) is 0.562. The molecule has 0 bridgehead atoms. The summed E-state index contributed by atoms with van der Waals surface area (Å²) in [5, 5.41) is 14.5. The van der Waals surface area contributed by atoms with Crippen LogP contribution in [0.25, 0.3) is 0 Å². The molecule has 0 saturated heterocycles. The fourth-order valence-electron chi connectivity index (χ4n) is 1.71. The van der Waals surface area contributed by atoms with Gasteiger partial charge in [0.15, 0.2) is 0 Å². The number of carboxylic acids is 1. The standard InChI is InChI=1S/C12H24N2O3/c1-4-13-8-11(15)14-7-10(5-9(2)3)6-12(16)17/h9-10,13H,4-8H2,1-3H3,(H,14,15)(H,16,17)/t10-/m0/s1. The third-order valence-electron chi connectivity index (χ3n) is 2.39. The van der Waals surface area contributed by atoms with E-state index in [1.54, 1.807) is 0 Å². The number of nitrogens with one attached hydrogen (secondary N) is 2. The Kier molecular flexibility index (Phi) is 8.40. The molecule has 0 heterocycles. The lowest BCUT2D eigenvalue weighted by Crippen LogP contribution is -2.37. The fourth-order valence-corrected chi connectivity index (χ4v) is 1.71. The van der Waals surface area contributed by atoms with Gasteiger partial charge in [0.2, 0.25) is 5.91 Å². The molecule has 0 aliphatic carbocycles. The number of carbonyl (C=O) groups excluding carboxylic acids is 1. The Morgan fingerprint density at radius 3 is 2.41 bits per heavy atom. The molecule has 5 heteroatoms. The molecule has 0 radical (unpaired) electrons. The largest absolute Gasteiger partial charge is 0.481 e. The van der Waals surface area contributed by atoms with Crippen molar-refractivity contribution >= 4 is 11.9 Å². The highest BCUT2D eigenvalue weighted by atomic mass is 16.4. The number of likely N-dealkylation sites (N-methyl/N-ethyl adjacent to an activating group) is 1. The van der Waals surface area contributed by atoms with Crippen LogP contribution in [0.4, 0.5) is 0 Å². The van der Waals surface area contributed by atoms with Gasteiger partial charge in [-0.15, -0.1) is 0 Å². The molecule has 3 N–H and O–H groups in total. The van der Waals surface area contributed by atoms with Gasteiger partial charge in [-0.3, -0.25) is 9.59 Å². The third-order valence-corrected chi connectivity index (χ3v) is 2.39. The number of carboxylic acid groups (broad SMARTS) is 1. The molecule has 0 aliphatic heterocycles. The monoisotopic (exact) mass is 244 g/mol. The smallest absolute Gasteiger partial charge is 0.303 e. The second-order valence-corrected chi connectivity index (χ2v) is 4.68. The molecule has 100 valence electrons. The van der Waals surface area contributed by atoms with Crippen molar-refractivity contribution in [2.75, 3.05) is 19.6 Å². The van der Waals surface area contributed by atoms with E-state index in [1.807, 2.05) is 6.92 Å². The Balaban J connectivity index is 3.97. The van der Waals surface area contributed by atoms with Gasteiger partial charge in [-0.25, -0.2) is 0 Å². The van der Waals surface area contributed by atoms with Gasteiger partial charge in [-0.1, -0.05) is 20.8 Å². The van der Waals surface area contributed by atoms with Crippen molar-refractivity contribution in [1.82, 2.24) is 10.6 Å². The predicted molar refractivity (Wildman–Crippen MR) is 66.8 cm³/mol. The van der Waals surface area contributed by atoms with E-state index >= 15 is 0 Å². The molecular formula is C12H24N2O3. The lowest BCUT2D eigenvalue weighted by atomic mass is 9.94. The summed E-state index contributed by atoms with van der Waals surface area (Å²) < 4.78 is 0. The maximum Gasteiger partial charge on any atom is 0.303 e. The molecule has 5 nitrogen and oxygen atoms in total. The van der Waals surface area contributed by atoms with Crippen molar-refractivity contribution in [3.8, 4) is 0 Å². The maximum absolute atomic E-state index is 11.4. The van der Waals surface area contributed by atoms with Crippen LogP contribution >= 0.6 is 0 Å². The molecule has 0 rings (SSSR count). The van der Waals surface area contributed by atoms with Gasteiger partial charge >= 0.3 is 5.97 Å². The van der Waals surface area contributed by atoms with Crippen LogP contribution in [0.2, 0.25) is 0 Å². The molecule has 0 unspecified atom stereocenters. The van der Waals surface area contributed by atoms with E-state index in [0.717, 1.165) is 13.0 Å². The van der Waals surface area contributed by atoms with Crippen LogP contribution in [0.15, 0.2) is 0 Å². The Hall–Kier alpha value is -1.10. The first-order chi connectivity index (χ1) is 7.95. The number of rotatable bonds is 9. The Labute approximate surface area is 103 Å². The summed E-state index contributed by atoms with van der Waals surface area (Å²) in [6.45, 7) is 7.51. The van der Waals surface area contributed by atoms with Crippen LogP contribution in [0.3, 0.4) is 0 Å². The van der Waals surface area contributed by atoms with E-state index in [0.29, 0.717) is 12.5 Å². The molecule has 1 atom stereocenters. The first-order valence-corrected chi connectivity index (χ1v) is 6.14. The first kappa shape index (κ1) is 15.9. The molecule has 0 aromatic heterocycles. The molecule has 0 aromatic rings. The van der Waals surface area contributed by atoms with E-state index in [9.17, 15) is 9.59 Å². The van der Waals surface area contributed by atoms with Gasteiger partial charge in [-0.05, 0) is 24.8 Å². The number of carbonyl (C=O) groups is 2. The highest BCUT2D eigenvalue weighted by molar-refractivity contribution is 5.78. The molecule has 0 aromatic carbocycles. The van der Waals surface area contributed by atoms with Crippen LogP contribution < -0.4 is 10.6 Å². The van der Waals surface area contributed by atoms with Crippen molar-refractivity contribution in [2.45, 2.75) is 33.6 Å². The van der Waals surface area contributed by atoms with Gasteiger partial charge in [-0.2, -0.15) is 0 Å². The summed E-state index contributed by atoms with van der Waals surface area (Å²) in [5.41, 5.74) is 0. The van der Waals surface area contributed by atoms with Crippen LogP contribution in [0.1, 0.15) is 33.6 Å². The van der Waals surface area contributed by atoms with Crippen LogP contribution in [0.5, 0.6) is 0 Å². The van der Waals surface area contributed by atoms with E-state index in [2.05, 4.69) is 24.5 Å². The lowest BCUT2D eigenvalue weighted by Gasteiger charge is -2.17. The van der Waals surface area contributed by atoms with Gasteiger partial charge in [0, 0.05) is 13.0 Å². The van der Waals surface area contributed by atoms with Crippen molar-refractivity contribution in [2.24, 2.45) is 11.8 Å². The molecule has 0 saturated carbocycles. The van der Waals surface area contributed by atoms with E-state index in [1.165, 1.54) is 0 Å². The Morgan fingerprint density at radius 2 is 1.94 bits per heavy atom. The molecular weight excluding hydrogens is 220 g/mol. The molecule has 0 fully saturated rings. The highest BCUT2D eigenvalue weighted by Gasteiger charge is 2.15. The third kappa shape index (κ3) is 9.81. The fraction of sp³-hybridized carbons (Fsp3) is 0.833. The minimum Gasteiger partial charge on any atom is -0.481 e. The average molecular weight is 244 g/mol. The normalized spacial score (nSPS) is 12.5. The zero-order valence-electron chi connectivity index (χ0n) is 11.0. The average Bonchev–Trinajstić information content (AvgIpc) is 2.21. The predicted octanol–water partition coefficient (Wildman–Crippen LogP) is 0.849. The molecule has 17 heavy (non-hydrogen) atoms. The van der Waals surface area contributed by atoms with Gasteiger partial charge in [0.1, 0.15) is 0 Å². The number of hydrogen-bond donors (Lipinski definition) is 3. The summed E-state index contributed by atoms with van der Waals surface area (Å²) in [7, 11) is 0. The van der Waals surface area contributed by atoms with Crippen molar-refractivity contribution in [3.63, 3.8) is 0 Å². The summed E-state index contributed by atoms with van der Waals surface area (Å²) in [6.07, 6.45) is 0.924. The van der Waals surface area contributed by atoms with Gasteiger partial charge in [0.05, 0.1) is 6.54 Å². The highest BCUT2D eigenvalue weighted by Crippen LogP contribution is 2.14. The Morgan fingerprint density at radius 1 is 1.29 bits per heavy atom. The van der Waals surface area contributed by atoms with Crippen LogP contribution in [0, 0.1) is 11.8 Å². The van der Waals surface area contributed by atoms with Gasteiger partial charge < -0.3 is 15.7 Å². The number of hydrogen-bond acceptors (Lipinski definition) is 3. The summed E-state index contributed by atoms with van der Waals surface area (Å²) >= 11 is 0. The Bertz CT molecular complexity index is 242. The molecule has 1 amide bonds. The topological polar surface area (TPSA) is 78.4 Å². The summed E-state index contributed by atoms with van der Waals surface area (Å²) in [5.74, 6) is -0.439. The van der Waals surface area contributed by atoms with Gasteiger partial charge in [0.25, 0.3) is 0 Å². The zero-order valence-corrected chi connectivity index (χ0v) is 11.0. The number of amides is 1. The van der Waals surface area contributed by atoms with Crippen molar-refractivity contribution < 1.29 is 14.7 Å². The van der Waals surface area contributed by atoms with E-state index < -0.39 is 5.97 Å². The molecule has 0 spiro atoms. The van der Waals surface area contributed by atoms with Crippen LogP contribution in [-0.2, 0) is 9.59 Å². The second-order valence-electron chi connectivity index (χ2n) is 4.68. The summed E-state index contributed by atoms with van der Waals surface area (Å²) in [6, 6.07) is 0.